The van der Waals surface area contributed by atoms with Crippen LogP contribution in [-0.2, 0) is 12.8 Å². The lowest BCUT2D eigenvalue weighted by molar-refractivity contribution is 0.917. The maximum Gasteiger partial charge on any atom is 0.132 e. The summed E-state index contributed by atoms with van der Waals surface area (Å²) in [6.07, 6.45) is 3.28. The molecule has 0 radical (unpaired) electrons. The zero-order chi connectivity index (χ0) is 15.4. The topological polar surface area (TPSA) is 25.8 Å². The summed E-state index contributed by atoms with van der Waals surface area (Å²) in [5.74, 6) is 0.814. The van der Waals surface area contributed by atoms with Crippen LogP contribution in [0.25, 0.3) is 0 Å². The fourth-order valence-corrected chi connectivity index (χ4v) is 2.47. The summed E-state index contributed by atoms with van der Waals surface area (Å²) in [5.41, 5.74) is 3.33. The van der Waals surface area contributed by atoms with Crippen LogP contribution in [-0.4, -0.2) is 9.97 Å². The van der Waals surface area contributed by atoms with Crippen molar-refractivity contribution in [1.29, 1.82) is 0 Å². The number of aromatic nitrogens is 2. The van der Waals surface area contributed by atoms with Crippen LogP contribution in [0.2, 0.25) is 10.0 Å². The van der Waals surface area contributed by atoms with Crippen LogP contribution in [0.15, 0.2) is 60.8 Å². The van der Waals surface area contributed by atoms with Crippen molar-refractivity contribution in [2.75, 3.05) is 0 Å². The van der Waals surface area contributed by atoms with Gasteiger partial charge >= 0.3 is 0 Å². The zero-order valence-electron chi connectivity index (χ0n) is 11.8. The molecule has 1 aromatic heterocycles. The predicted molar refractivity (Wildman–Crippen MR) is 90.5 cm³/mol. The number of hydrogen-bond acceptors (Lipinski definition) is 2. The second-order valence-electron chi connectivity index (χ2n) is 5.07. The standard InChI is InChI=1S/C18H14Cl2N2/c19-15-5-1-13(2-6-15)11-17-9-10-21-18(22-17)12-14-3-7-16(20)8-4-14/h1-10H,11-12H2. The maximum atomic E-state index is 5.91. The molecule has 2 nitrogen and oxygen atoms in total. The number of nitrogens with zero attached hydrogens (tertiary/aromatic N) is 2. The Kier molecular flexibility index (Phi) is 4.71. The largest absolute Gasteiger partial charge is 0.241 e. The Labute approximate surface area is 139 Å². The molecule has 3 rings (SSSR count). The van der Waals surface area contributed by atoms with Gasteiger partial charge in [0.1, 0.15) is 5.82 Å². The monoisotopic (exact) mass is 328 g/mol. The van der Waals surface area contributed by atoms with Gasteiger partial charge in [-0.05, 0) is 41.5 Å². The van der Waals surface area contributed by atoms with Crippen LogP contribution in [0, 0.1) is 0 Å². The molecule has 4 heteroatoms. The quantitative estimate of drug-likeness (QED) is 0.676. The van der Waals surface area contributed by atoms with Crippen LogP contribution < -0.4 is 0 Å². The van der Waals surface area contributed by atoms with E-state index in [-0.39, 0.29) is 0 Å². The molecule has 0 aliphatic carbocycles. The SMILES string of the molecule is Clc1ccc(Cc2ccnc(Cc3ccc(Cl)cc3)n2)cc1. The van der Waals surface area contributed by atoms with E-state index in [4.69, 9.17) is 23.2 Å². The molecule has 0 spiro atoms. The Morgan fingerprint density at radius 3 is 1.82 bits per heavy atom. The van der Waals surface area contributed by atoms with Crippen LogP contribution >= 0.6 is 23.2 Å². The smallest absolute Gasteiger partial charge is 0.132 e. The molecule has 2 aromatic carbocycles. The molecule has 0 fully saturated rings. The molecule has 22 heavy (non-hydrogen) atoms. The van der Waals surface area contributed by atoms with E-state index >= 15 is 0 Å². The lowest BCUT2D eigenvalue weighted by Crippen LogP contribution is -2.00. The maximum absolute atomic E-state index is 5.91. The summed E-state index contributed by atoms with van der Waals surface area (Å²) in [5, 5.41) is 1.48. The minimum Gasteiger partial charge on any atom is -0.241 e. The molecule has 110 valence electrons. The molecule has 3 aromatic rings. The highest BCUT2D eigenvalue weighted by Gasteiger charge is 2.03. The van der Waals surface area contributed by atoms with Crippen LogP contribution in [0.3, 0.4) is 0 Å². The Morgan fingerprint density at radius 2 is 1.23 bits per heavy atom. The second kappa shape index (κ2) is 6.91. The summed E-state index contributed by atoms with van der Waals surface area (Å²) in [7, 11) is 0. The van der Waals surface area contributed by atoms with Gasteiger partial charge in [-0.2, -0.15) is 0 Å². The first-order chi connectivity index (χ1) is 10.7. The third kappa shape index (κ3) is 4.06. The minimum atomic E-state index is 0.700. The highest BCUT2D eigenvalue weighted by molar-refractivity contribution is 6.30. The zero-order valence-corrected chi connectivity index (χ0v) is 13.3. The molecule has 0 amide bonds. The van der Waals surface area contributed by atoms with E-state index in [1.165, 1.54) is 5.56 Å². The van der Waals surface area contributed by atoms with Gasteiger partial charge in [0, 0.05) is 34.8 Å². The van der Waals surface area contributed by atoms with Crippen molar-refractivity contribution in [3.63, 3.8) is 0 Å². The van der Waals surface area contributed by atoms with Gasteiger partial charge in [-0.1, -0.05) is 47.5 Å². The number of halogens is 2. The van der Waals surface area contributed by atoms with Gasteiger partial charge in [0.05, 0.1) is 0 Å². The average Bonchev–Trinajstić information content (AvgIpc) is 2.52. The summed E-state index contributed by atoms with van der Waals surface area (Å²) >= 11 is 11.8. The van der Waals surface area contributed by atoms with Crippen molar-refractivity contribution in [2.24, 2.45) is 0 Å². The first-order valence-electron chi connectivity index (χ1n) is 6.99. The Balaban J connectivity index is 1.74. The van der Waals surface area contributed by atoms with Crippen molar-refractivity contribution in [2.45, 2.75) is 12.8 Å². The first-order valence-corrected chi connectivity index (χ1v) is 7.74. The summed E-state index contributed by atoms with van der Waals surface area (Å²) in [6, 6.07) is 17.5. The van der Waals surface area contributed by atoms with Gasteiger partial charge in [-0.3, -0.25) is 0 Å². The average molecular weight is 329 g/mol. The molecule has 0 unspecified atom stereocenters. The molecule has 0 saturated carbocycles. The highest BCUT2D eigenvalue weighted by Crippen LogP contribution is 2.14. The summed E-state index contributed by atoms with van der Waals surface area (Å²) < 4.78 is 0. The molecule has 0 aliphatic rings. The van der Waals surface area contributed by atoms with E-state index in [1.807, 2.05) is 60.8 Å². The van der Waals surface area contributed by atoms with Crippen molar-refractivity contribution in [1.82, 2.24) is 9.97 Å². The van der Waals surface area contributed by atoms with Gasteiger partial charge < -0.3 is 0 Å². The lowest BCUT2D eigenvalue weighted by atomic mass is 10.1. The number of benzene rings is 2. The predicted octanol–water partition coefficient (Wildman–Crippen LogP) is 4.97. The fraction of sp³-hybridized carbons (Fsp3) is 0.111. The molecule has 0 bridgehead atoms. The third-order valence-electron chi connectivity index (χ3n) is 3.34. The molecule has 0 aliphatic heterocycles. The van der Waals surface area contributed by atoms with E-state index in [0.717, 1.165) is 33.5 Å². The molecule has 0 atom stereocenters. The van der Waals surface area contributed by atoms with Gasteiger partial charge in [-0.25, -0.2) is 9.97 Å². The normalized spacial score (nSPS) is 10.6. The fourth-order valence-electron chi connectivity index (χ4n) is 2.22. The van der Waals surface area contributed by atoms with Crippen molar-refractivity contribution in [3.05, 3.63) is 93.5 Å². The third-order valence-corrected chi connectivity index (χ3v) is 3.84. The summed E-state index contributed by atoms with van der Waals surface area (Å²) in [4.78, 5) is 8.98. The lowest BCUT2D eigenvalue weighted by Gasteiger charge is -2.05. The minimum absolute atomic E-state index is 0.700. The Hall–Kier alpha value is -1.90. The molecular weight excluding hydrogens is 315 g/mol. The Bertz CT molecular complexity index is 690. The number of hydrogen-bond donors (Lipinski definition) is 0. The Morgan fingerprint density at radius 1 is 0.682 bits per heavy atom. The van der Waals surface area contributed by atoms with E-state index in [9.17, 15) is 0 Å². The molecule has 0 saturated heterocycles. The van der Waals surface area contributed by atoms with Gasteiger partial charge in [-0.15, -0.1) is 0 Å². The molecule has 0 N–H and O–H groups in total. The first kappa shape index (κ1) is 15.0. The van der Waals surface area contributed by atoms with E-state index < -0.39 is 0 Å². The van der Waals surface area contributed by atoms with Gasteiger partial charge in [0.15, 0.2) is 0 Å². The van der Waals surface area contributed by atoms with Crippen LogP contribution in [0.4, 0.5) is 0 Å². The van der Waals surface area contributed by atoms with Crippen LogP contribution in [0.5, 0.6) is 0 Å². The van der Waals surface area contributed by atoms with E-state index in [2.05, 4.69) is 9.97 Å². The second-order valence-corrected chi connectivity index (χ2v) is 5.94. The van der Waals surface area contributed by atoms with E-state index in [0.29, 0.717) is 6.42 Å². The highest BCUT2D eigenvalue weighted by atomic mass is 35.5. The van der Waals surface area contributed by atoms with Crippen molar-refractivity contribution < 1.29 is 0 Å². The molecular formula is C18H14Cl2N2. The van der Waals surface area contributed by atoms with Crippen molar-refractivity contribution >= 4 is 23.2 Å². The van der Waals surface area contributed by atoms with Gasteiger partial charge in [0.25, 0.3) is 0 Å². The van der Waals surface area contributed by atoms with Crippen molar-refractivity contribution in [3.8, 4) is 0 Å². The van der Waals surface area contributed by atoms with Gasteiger partial charge in [0.2, 0.25) is 0 Å². The van der Waals surface area contributed by atoms with E-state index in [1.54, 1.807) is 0 Å². The molecule has 1 heterocycles. The summed E-state index contributed by atoms with van der Waals surface area (Å²) in [6.45, 7) is 0. The van der Waals surface area contributed by atoms with Crippen LogP contribution in [0.1, 0.15) is 22.6 Å². The number of rotatable bonds is 4.